The Kier molecular flexibility index (Phi) is 3.32. The highest BCUT2D eigenvalue weighted by Crippen LogP contribution is 2.29. The molecule has 0 saturated heterocycles. The van der Waals surface area contributed by atoms with Crippen molar-refractivity contribution >= 4 is 0 Å². The Morgan fingerprint density at radius 3 is 2.47 bits per heavy atom. The van der Waals surface area contributed by atoms with Crippen LogP contribution in [0, 0.1) is 13.8 Å². The van der Waals surface area contributed by atoms with Crippen molar-refractivity contribution in [1.29, 1.82) is 0 Å². The fourth-order valence-electron chi connectivity index (χ4n) is 1.79. The molecular formula is C12H12F3N3O. The fourth-order valence-corrected chi connectivity index (χ4v) is 1.79. The first-order chi connectivity index (χ1) is 8.79. The highest BCUT2D eigenvalue weighted by atomic mass is 19.4. The largest absolute Gasteiger partial charge is 0.471 e. The SMILES string of the molecule is Cc1ccc(C(N)c2noc(C(F)(F)F)n2)c(C)c1. The summed E-state index contributed by atoms with van der Waals surface area (Å²) >= 11 is 0. The molecule has 1 unspecified atom stereocenters. The summed E-state index contributed by atoms with van der Waals surface area (Å²) < 4.78 is 41.3. The number of hydrogen-bond donors (Lipinski definition) is 1. The molecule has 2 N–H and O–H groups in total. The maximum Gasteiger partial charge on any atom is 0.471 e. The van der Waals surface area contributed by atoms with E-state index in [2.05, 4.69) is 14.7 Å². The number of halogens is 3. The van der Waals surface area contributed by atoms with E-state index >= 15 is 0 Å². The van der Waals surface area contributed by atoms with Gasteiger partial charge in [0.15, 0.2) is 5.82 Å². The first-order valence-corrected chi connectivity index (χ1v) is 5.52. The quantitative estimate of drug-likeness (QED) is 0.912. The fraction of sp³-hybridized carbons (Fsp3) is 0.333. The van der Waals surface area contributed by atoms with E-state index in [1.54, 1.807) is 6.07 Å². The summed E-state index contributed by atoms with van der Waals surface area (Å²) in [6.07, 6.45) is -4.66. The summed E-state index contributed by atoms with van der Waals surface area (Å²) in [4.78, 5) is 3.29. The molecule has 1 atom stereocenters. The minimum Gasteiger partial charge on any atom is -0.329 e. The zero-order valence-corrected chi connectivity index (χ0v) is 10.3. The van der Waals surface area contributed by atoms with Crippen LogP contribution in [0.5, 0.6) is 0 Å². The summed E-state index contributed by atoms with van der Waals surface area (Å²) in [5, 5.41) is 3.29. The van der Waals surface area contributed by atoms with E-state index in [-0.39, 0.29) is 5.82 Å². The second-order valence-electron chi connectivity index (χ2n) is 4.29. The zero-order valence-electron chi connectivity index (χ0n) is 10.3. The van der Waals surface area contributed by atoms with Gasteiger partial charge in [-0.2, -0.15) is 18.2 Å². The zero-order chi connectivity index (χ0) is 14.2. The molecule has 0 radical (unpaired) electrons. The Balaban J connectivity index is 2.34. The van der Waals surface area contributed by atoms with Crippen LogP contribution in [0.4, 0.5) is 13.2 Å². The number of aryl methyl sites for hydroxylation is 2. The molecule has 0 saturated carbocycles. The van der Waals surface area contributed by atoms with E-state index in [0.29, 0.717) is 5.56 Å². The third-order valence-corrected chi connectivity index (χ3v) is 2.72. The Hall–Kier alpha value is -1.89. The molecule has 0 amide bonds. The molecule has 0 aliphatic rings. The van der Waals surface area contributed by atoms with Crippen LogP contribution in [0.1, 0.15) is 34.4 Å². The van der Waals surface area contributed by atoms with Crippen LogP contribution in [0.25, 0.3) is 0 Å². The molecule has 1 heterocycles. The molecule has 7 heteroatoms. The Morgan fingerprint density at radius 1 is 1.26 bits per heavy atom. The third kappa shape index (κ3) is 2.76. The maximum atomic E-state index is 12.4. The van der Waals surface area contributed by atoms with E-state index in [4.69, 9.17) is 5.73 Å². The summed E-state index contributed by atoms with van der Waals surface area (Å²) in [5.74, 6) is -1.57. The normalized spacial score (nSPS) is 13.6. The molecule has 1 aromatic heterocycles. The number of alkyl halides is 3. The van der Waals surface area contributed by atoms with E-state index in [0.717, 1.165) is 11.1 Å². The molecule has 102 valence electrons. The average molecular weight is 271 g/mol. The van der Waals surface area contributed by atoms with Crippen molar-refractivity contribution in [3.05, 3.63) is 46.6 Å². The Morgan fingerprint density at radius 2 is 1.95 bits per heavy atom. The van der Waals surface area contributed by atoms with Gasteiger partial charge >= 0.3 is 12.1 Å². The van der Waals surface area contributed by atoms with Gasteiger partial charge in [0.1, 0.15) is 0 Å². The topological polar surface area (TPSA) is 64.9 Å². The van der Waals surface area contributed by atoms with Crippen molar-refractivity contribution in [3.8, 4) is 0 Å². The smallest absolute Gasteiger partial charge is 0.329 e. The van der Waals surface area contributed by atoms with Gasteiger partial charge in [-0.25, -0.2) is 0 Å². The number of benzene rings is 1. The van der Waals surface area contributed by atoms with Gasteiger partial charge in [-0.1, -0.05) is 28.9 Å². The maximum absolute atomic E-state index is 12.4. The van der Waals surface area contributed by atoms with Crippen molar-refractivity contribution in [1.82, 2.24) is 10.1 Å². The van der Waals surface area contributed by atoms with E-state index < -0.39 is 18.1 Å². The van der Waals surface area contributed by atoms with Gasteiger partial charge in [0.05, 0.1) is 6.04 Å². The van der Waals surface area contributed by atoms with Gasteiger partial charge in [0.25, 0.3) is 0 Å². The molecule has 0 aliphatic heterocycles. The lowest BCUT2D eigenvalue weighted by Gasteiger charge is -2.11. The molecule has 0 bridgehead atoms. The number of nitrogens with two attached hydrogens (primary N) is 1. The van der Waals surface area contributed by atoms with Crippen LogP contribution < -0.4 is 5.73 Å². The van der Waals surface area contributed by atoms with Gasteiger partial charge in [-0.05, 0) is 25.0 Å². The molecule has 0 aliphatic carbocycles. The van der Waals surface area contributed by atoms with E-state index in [1.807, 2.05) is 26.0 Å². The van der Waals surface area contributed by atoms with Crippen LogP contribution in [-0.2, 0) is 6.18 Å². The molecule has 2 rings (SSSR count). The summed E-state index contributed by atoms with van der Waals surface area (Å²) in [5.41, 5.74) is 8.44. The molecule has 1 aromatic carbocycles. The van der Waals surface area contributed by atoms with Crippen LogP contribution in [0.3, 0.4) is 0 Å². The van der Waals surface area contributed by atoms with E-state index in [9.17, 15) is 13.2 Å². The minimum absolute atomic E-state index is 0.181. The minimum atomic E-state index is -4.66. The van der Waals surface area contributed by atoms with E-state index in [1.165, 1.54) is 0 Å². The Labute approximate surface area is 107 Å². The second-order valence-corrected chi connectivity index (χ2v) is 4.29. The number of nitrogens with zero attached hydrogens (tertiary/aromatic N) is 2. The lowest BCUT2D eigenvalue weighted by Crippen LogP contribution is -2.15. The molecule has 2 aromatic rings. The van der Waals surface area contributed by atoms with Crippen LogP contribution >= 0.6 is 0 Å². The van der Waals surface area contributed by atoms with Crippen LogP contribution in [0.15, 0.2) is 22.7 Å². The first kappa shape index (κ1) is 13.5. The predicted molar refractivity (Wildman–Crippen MR) is 61.2 cm³/mol. The van der Waals surface area contributed by atoms with Crippen molar-refractivity contribution in [3.63, 3.8) is 0 Å². The highest BCUT2D eigenvalue weighted by molar-refractivity contribution is 5.35. The van der Waals surface area contributed by atoms with Gasteiger partial charge in [0.2, 0.25) is 0 Å². The second kappa shape index (κ2) is 4.65. The van der Waals surface area contributed by atoms with Gasteiger partial charge in [-0.15, -0.1) is 0 Å². The monoisotopic (exact) mass is 271 g/mol. The third-order valence-electron chi connectivity index (χ3n) is 2.72. The summed E-state index contributed by atoms with van der Waals surface area (Å²) in [6, 6.07) is 4.62. The molecule has 19 heavy (non-hydrogen) atoms. The summed E-state index contributed by atoms with van der Waals surface area (Å²) in [7, 11) is 0. The first-order valence-electron chi connectivity index (χ1n) is 5.52. The lowest BCUT2D eigenvalue weighted by molar-refractivity contribution is -0.159. The molecular weight excluding hydrogens is 259 g/mol. The predicted octanol–water partition coefficient (Wildman–Crippen LogP) is 2.75. The standard InChI is InChI=1S/C12H12F3N3O/c1-6-3-4-8(7(2)5-6)9(16)10-17-11(19-18-10)12(13,14)15/h3-5,9H,16H2,1-2H3. The van der Waals surface area contributed by atoms with Gasteiger partial charge in [-0.3, -0.25) is 0 Å². The Bertz CT molecular complexity index is 592. The summed E-state index contributed by atoms with van der Waals surface area (Å²) in [6.45, 7) is 3.74. The van der Waals surface area contributed by atoms with Crippen molar-refractivity contribution in [2.45, 2.75) is 26.1 Å². The van der Waals surface area contributed by atoms with Gasteiger partial charge < -0.3 is 10.3 Å². The lowest BCUT2D eigenvalue weighted by atomic mass is 9.99. The molecule has 0 spiro atoms. The van der Waals surface area contributed by atoms with Crippen LogP contribution in [-0.4, -0.2) is 10.1 Å². The van der Waals surface area contributed by atoms with Crippen molar-refractivity contribution in [2.24, 2.45) is 5.73 Å². The van der Waals surface area contributed by atoms with Crippen molar-refractivity contribution in [2.75, 3.05) is 0 Å². The van der Waals surface area contributed by atoms with Crippen LogP contribution in [0.2, 0.25) is 0 Å². The van der Waals surface area contributed by atoms with Crippen molar-refractivity contribution < 1.29 is 17.7 Å². The highest BCUT2D eigenvalue weighted by Gasteiger charge is 2.39. The number of rotatable bonds is 2. The number of aromatic nitrogens is 2. The van der Waals surface area contributed by atoms with Gasteiger partial charge in [0, 0.05) is 0 Å². The molecule has 0 fully saturated rings. The average Bonchev–Trinajstić information content (AvgIpc) is 2.76. The number of hydrogen-bond acceptors (Lipinski definition) is 4. The molecule has 4 nitrogen and oxygen atoms in total.